The number of nitrogens with one attached hydrogen (secondary N) is 2. The van der Waals surface area contributed by atoms with E-state index in [2.05, 4.69) is 15.6 Å². The molecular formula is C30H31F3N4O3. The van der Waals surface area contributed by atoms with E-state index in [4.69, 9.17) is 4.74 Å². The second-order valence-corrected chi connectivity index (χ2v) is 10.3. The fraction of sp³-hybridized carbons (Fsp3) is 0.367. The summed E-state index contributed by atoms with van der Waals surface area (Å²) in [6.07, 6.45) is 0.682. The van der Waals surface area contributed by atoms with Gasteiger partial charge in [-0.2, -0.15) is 13.2 Å². The molecule has 1 atom stereocenters. The van der Waals surface area contributed by atoms with Gasteiger partial charge in [0.15, 0.2) is 0 Å². The Kier molecular flexibility index (Phi) is 8.07. The van der Waals surface area contributed by atoms with Crippen molar-refractivity contribution in [3.05, 3.63) is 82.7 Å². The van der Waals surface area contributed by atoms with Gasteiger partial charge in [0.1, 0.15) is 17.2 Å². The Hall–Kier alpha value is -3.92. The third kappa shape index (κ3) is 6.44. The van der Waals surface area contributed by atoms with E-state index in [0.717, 1.165) is 43.1 Å². The van der Waals surface area contributed by atoms with E-state index in [-0.39, 0.29) is 41.2 Å². The van der Waals surface area contributed by atoms with Crippen LogP contribution >= 0.6 is 0 Å². The molecule has 1 saturated heterocycles. The molecule has 2 aliphatic rings. The molecule has 2 heterocycles. The normalized spacial score (nSPS) is 17.2. The number of nitrogens with zero attached hydrogens (tertiary/aromatic N) is 2. The van der Waals surface area contributed by atoms with Gasteiger partial charge in [-0.3, -0.25) is 19.5 Å². The summed E-state index contributed by atoms with van der Waals surface area (Å²) in [6, 6.07) is 12.9. The van der Waals surface area contributed by atoms with Crippen LogP contribution in [-0.4, -0.2) is 41.8 Å². The standard InChI is InChI=1S/C30H31F3N4O3/c1-34-29(39)27-17-25(10-11-35-27)40-24-9-7-19-4-5-20(14-22(19)15-24)28(38)36-23-8-6-21(18-37-12-2-3-13-37)26(16-23)30(31,32)33/h6-11,15-17,20H,2-5,12-14,18H2,1H3,(H,34,39)(H,36,38). The number of hydrogen-bond acceptors (Lipinski definition) is 5. The van der Waals surface area contributed by atoms with E-state index in [0.29, 0.717) is 30.8 Å². The molecule has 0 spiro atoms. The molecule has 7 nitrogen and oxygen atoms in total. The van der Waals surface area contributed by atoms with Gasteiger partial charge in [-0.25, -0.2) is 0 Å². The third-order valence-corrected chi connectivity index (χ3v) is 7.48. The van der Waals surface area contributed by atoms with E-state index in [9.17, 15) is 22.8 Å². The van der Waals surface area contributed by atoms with Crippen molar-refractivity contribution >= 4 is 17.5 Å². The Morgan fingerprint density at radius 2 is 1.80 bits per heavy atom. The molecule has 0 saturated carbocycles. The van der Waals surface area contributed by atoms with Crippen molar-refractivity contribution in [3.63, 3.8) is 0 Å². The Morgan fingerprint density at radius 1 is 1.02 bits per heavy atom. The minimum atomic E-state index is -4.51. The molecular weight excluding hydrogens is 521 g/mol. The molecule has 0 radical (unpaired) electrons. The van der Waals surface area contributed by atoms with Crippen LogP contribution in [0, 0.1) is 5.92 Å². The van der Waals surface area contributed by atoms with Crippen LogP contribution in [-0.2, 0) is 30.4 Å². The quantitative estimate of drug-likeness (QED) is 0.399. The first-order valence-electron chi connectivity index (χ1n) is 13.4. The Morgan fingerprint density at radius 3 is 2.55 bits per heavy atom. The Balaban J connectivity index is 1.27. The van der Waals surface area contributed by atoms with Crippen LogP contribution in [0.2, 0.25) is 0 Å². The van der Waals surface area contributed by atoms with Crippen molar-refractivity contribution in [2.75, 3.05) is 25.5 Å². The smallest absolute Gasteiger partial charge is 0.416 e. The Bertz CT molecular complexity index is 1400. The number of carbonyl (C=O) groups is 2. The number of pyridine rings is 1. The number of alkyl halides is 3. The first-order chi connectivity index (χ1) is 19.2. The van der Waals surface area contributed by atoms with Crippen molar-refractivity contribution < 1.29 is 27.5 Å². The monoisotopic (exact) mass is 552 g/mol. The van der Waals surface area contributed by atoms with Gasteiger partial charge in [0.2, 0.25) is 5.91 Å². The highest BCUT2D eigenvalue weighted by atomic mass is 19.4. The van der Waals surface area contributed by atoms with Crippen LogP contribution < -0.4 is 15.4 Å². The number of carbonyl (C=O) groups excluding carboxylic acids is 2. The lowest BCUT2D eigenvalue weighted by molar-refractivity contribution is -0.138. The zero-order valence-corrected chi connectivity index (χ0v) is 22.2. The van der Waals surface area contributed by atoms with Crippen LogP contribution in [0.15, 0.2) is 54.7 Å². The predicted molar refractivity (Wildman–Crippen MR) is 144 cm³/mol. The largest absolute Gasteiger partial charge is 0.457 e. The number of ether oxygens (including phenoxy) is 1. The number of anilines is 1. The molecule has 5 rings (SSSR count). The van der Waals surface area contributed by atoms with Gasteiger partial charge in [0, 0.05) is 37.5 Å². The summed E-state index contributed by atoms with van der Waals surface area (Å²) in [5.74, 6) is -0.0122. The second kappa shape index (κ2) is 11.7. The maximum atomic E-state index is 13.9. The van der Waals surface area contributed by atoms with Crippen LogP contribution in [0.3, 0.4) is 0 Å². The number of fused-ring (bicyclic) bond motifs is 1. The fourth-order valence-electron chi connectivity index (χ4n) is 5.37. The number of benzene rings is 2. The van der Waals surface area contributed by atoms with E-state index in [1.165, 1.54) is 19.3 Å². The van der Waals surface area contributed by atoms with Gasteiger partial charge in [0.25, 0.3) is 5.91 Å². The topological polar surface area (TPSA) is 83.6 Å². The lowest BCUT2D eigenvalue weighted by Crippen LogP contribution is -2.28. The number of aryl methyl sites for hydroxylation is 1. The van der Waals surface area contributed by atoms with Crippen molar-refractivity contribution in [3.8, 4) is 11.5 Å². The summed E-state index contributed by atoms with van der Waals surface area (Å²) in [4.78, 5) is 31.1. The molecule has 1 aliphatic carbocycles. The maximum absolute atomic E-state index is 13.9. The van der Waals surface area contributed by atoms with Gasteiger partial charge in [0.05, 0.1) is 5.56 Å². The first-order valence-corrected chi connectivity index (χ1v) is 13.4. The van der Waals surface area contributed by atoms with Gasteiger partial charge in [-0.1, -0.05) is 12.1 Å². The van der Waals surface area contributed by atoms with E-state index < -0.39 is 11.7 Å². The summed E-state index contributed by atoms with van der Waals surface area (Å²) >= 11 is 0. The molecule has 1 aromatic heterocycles. The lowest BCUT2D eigenvalue weighted by Gasteiger charge is -2.25. The van der Waals surface area contributed by atoms with Gasteiger partial charge >= 0.3 is 6.18 Å². The molecule has 2 aromatic carbocycles. The Labute approximate surface area is 230 Å². The second-order valence-electron chi connectivity index (χ2n) is 10.3. The molecule has 210 valence electrons. The summed E-state index contributed by atoms with van der Waals surface area (Å²) in [7, 11) is 1.52. The number of hydrogen-bond donors (Lipinski definition) is 2. The third-order valence-electron chi connectivity index (χ3n) is 7.48. The molecule has 40 heavy (non-hydrogen) atoms. The van der Waals surface area contributed by atoms with E-state index >= 15 is 0 Å². The number of halogens is 3. The number of rotatable bonds is 7. The predicted octanol–water partition coefficient (Wildman–Crippen LogP) is 5.59. The zero-order chi connectivity index (χ0) is 28.3. The first kappa shape index (κ1) is 27.6. The average Bonchev–Trinajstić information content (AvgIpc) is 3.45. The highest BCUT2D eigenvalue weighted by Gasteiger charge is 2.34. The average molecular weight is 553 g/mol. The summed E-state index contributed by atoms with van der Waals surface area (Å²) < 4.78 is 47.5. The van der Waals surface area contributed by atoms with Crippen LogP contribution in [0.1, 0.15) is 52.0 Å². The van der Waals surface area contributed by atoms with Gasteiger partial charge < -0.3 is 15.4 Å². The molecule has 10 heteroatoms. The summed E-state index contributed by atoms with van der Waals surface area (Å²) in [5, 5.41) is 5.24. The van der Waals surface area contributed by atoms with Gasteiger partial charge in [-0.15, -0.1) is 0 Å². The molecule has 1 fully saturated rings. The molecule has 1 aliphatic heterocycles. The van der Waals surface area contributed by atoms with Crippen LogP contribution in [0.4, 0.5) is 18.9 Å². The zero-order valence-electron chi connectivity index (χ0n) is 22.2. The number of likely N-dealkylation sites (tertiary alicyclic amines) is 1. The van der Waals surface area contributed by atoms with Gasteiger partial charge in [-0.05, 0) is 92.2 Å². The fourth-order valence-corrected chi connectivity index (χ4v) is 5.37. The van der Waals surface area contributed by atoms with Crippen molar-refractivity contribution in [1.82, 2.24) is 15.2 Å². The minimum Gasteiger partial charge on any atom is -0.457 e. The SMILES string of the molecule is CNC(=O)c1cc(Oc2ccc3c(c2)CC(C(=O)Nc2ccc(CN4CCCC4)c(C(F)(F)F)c2)CC3)ccn1. The highest BCUT2D eigenvalue weighted by Crippen LogP contribution is 2.36. The van der Waals surface area contributed by atoms with E-state index in [1.54, 1.807) is 18.2 Å². The molecule has 1 unspecified atom stereocenters. The molecule has 2 amide bonds. The van der Waals surface area contributed by atoms with Crippen molar-refractivity contribution in [1.29, 1.82) is 0 Å². The minimum absolute atomic E-state index is 0.148. The molecule has 2 N–H and O–H groups in total. The summed E-state index contributed by atoms with van der Waals surface area (Å²) in [6.45, 7) is 1.84. The van der Waals surface area contributed by atoms with Crippen molar-refractivity contribution in [2.24, 2.45) is 5.92 Å². The number of aromatic nitrogens is 1. The number of amides is 2. The summed E-state index contributed by atoms with van der Waals surface area (Å²) in [5.41, 5.74) is 1.94. The molecule has 0 bridgehead atoms. The van der Waals surface area contributed by atoms with Crippen molar-refractivity contribution in [2.45, 2.75) is 44.8 Å². The lowest BCUT2D eigenvalue weighted by atomic mass is 9.83. The molecule has 3 aromatic rings. The van der Waals surface area contributed by atoms with E-state index in [1.807, 2.05) is 23.1 Å². The van der Waals surface area contributed by atoms with Crippen LogP contribution in [0.25, 0.3) is 0 Å². The maximum Gasteiger partial charge on any atom is 0.416 e. The highest BCUT2D eigenvalue weighted by molar-refractivity contribution is 5.93. The van der Waals surface area contributed by atoms with Crippen LogP contribution in [0.5, 0.6) is 11.5 Å².